The minimum absolute atomic E-state index is 0.0267. The van der Waals surface area contributed by atoms with Crippen molar-refractivity contribution in [2.45, 2.75) is 20.4 Å². The lowest BCUT2D eigenvalue weighted by molar-refractivity contribution is -0.124. The van der Waals surface area contributed by atoms with Crippen LogP contribution in [-0.2, 0) is 18.4 Å². The van der Waals surface area contributed by atoms with Gasteiger partial charge < -0.3 is 15.2 Å². The molecule has 28 heavy (non-hydrogen) atoms. The number of anilines is 1. The summed E-state index contributed by atoms with van der Waals surface area (Å²) in [6.07, 6.45) is 1.80. The Hall–Kier alpha value is -3.00. The number of hydrogen-bond acceptors (Lipinski definition) is 6. The van der Waals surface area contributed by atoms with Crippen LogP contribution in [0.3, 0.4) is 0 Å². The lowest BCUT2D eigenvalue weighted by atomic mass is 10.1. The maximum Gasteiger partial charge on any atom is 0.222 e. The number of hydrogen-bond donors (Lipinski definition) is 2. The second kappa shape index (κ2) is 7.20. The van der Waals surface area contributed by atoms with E-state index in [-0.39, 0.29) is 11.8 Å². The van der Waals surface area contributed by atoms with E-state index in [1.165, 1.54) is 0 Å². The summed E-state index contributed by atoms with van der Waals surface area (Å²) in [5.41, 5.74) is 4.64. The Kier molecular flexibility index (Phi) is 4.72. The van der Waals surface area contributed by atoms with Crippen molar-refractivity contribution in [3.8, 4) is 10.6 Å². The van der Waals surface area contributed by atoms with E-state index in [9.17, 15) is 4.79 Å². The largest absolute Gasteiger partial charge is 0.371 e. The first-order chi connectivity index (χ1) is 13.5. The Morgan fingerprint density at radius 1 is 1.29 bits per heavy atom. The average Bonchev–Trinajstić information content (AvgIpc) is 3.29. The van der Waals surface area contributed by atoms with E-state index in [0.29, 0.717) is 12.2 Å². The van der Waals surface area contributed by atoms with E-state index in [0.717, 1.165) is 37.7 Å². The van der Waals surface area contributed by atoms with Gasteiger partial charge >= 0.3 is 0 Å². The van der Waals surface area contributed by atoms with Crippen molar-refractivity contribution in [1.29, 1.82) is 0 Å². The van der Waals surface area contributed by atoms with Crippen LogP contribution in [0.15, 0.2) is 30.6 Å². The molecule has 0 saturated carbocycles. The van der Waals surface area contributed by atoms with Gasteiger partial charge in [0.1, 0.15) is 15.2 Å². The number of imidazole rings is 1. The fourth-order valence-corrected chi connectivity index (χ4v) is 4.17. The molecule has 0 bridgehead atoms. The Morgan fingerprint density at radius 2 is 2.11 bits per heavy atom. The Labute approximate surface area is 166 Å². The van der Waals surface area contributed by atoms with E-state index >= 15 is 0 Å². The first kappa shape index (κ1) is 18.4. The second-order valence-electron chi connectivity index (χ2n) is 7.01. The maximum atomic E-state index is 11.8. The summed E-state index contributed by atoms with van der Waals surface area (Å²) >= 11 is 1.61. The van der Waals surface area contributed by atoms with Gasteiger partial charge in [-0.3, -0.25) is 4.79 Å². The number of thiazole rings is 1. The number of nitrogens with zero attached hydrogens (tertiary/aromatic N) is 4. The van der Waals surface area contributed by atoms with E-state index in [1.807, 2.05) is 50.7 Å². The highest BCUT2D eigenvalue weighted by atomic mass is 32.1. The van der Waals surface area contributed by atoms with E-state index in [2.05, 4.69) is 26.7 Å². The Bertz CT molecular complexity index is 1180. The summed E-state index contributed by atoms with van der Waals surface area (Å²) < 4.78 is 3.02. The van der Waals surface area contributed by atoms with Crippen molar-refractivity contribution in [2.75, 3.05) is 12.4 Å². The molecule has 4 rings (SSSR count). The van der Waals surface area contributed by atoms with Gasteiger partial charge in [0.2, 0.25) is 5.91 Å². The zero-order valence-electron chi connectivity index (χ0n) is 16.3. The van der Waals surface area contributed by atoms with Crippen LogP contribution in [0.4, 0.5) is 5.82 Å². The van der Waals surface area contributed by atoms with Gasteiger partial charge in [0.25, 0.3) is 0 Å². The van der Waals surface area contributed by atoms with Gasteiger partial charge in [0.05, 0.1) is 11.8 Å². The van der Waals surface area contributed by atoms with E-state index < -0.39 is 0 Å². The van der Waals surface area contributed by atoms with Crippen molar-refractivity contribution in [3.05, 3.63) is 36.2 Å². The highest BCUT2D eigenvalue weighted by molar-refractivity contribution is 7.22. The minimum atomic E-state index is -0.0267. The predicted molar refractivity (Wildman–Crippen MR) is 113 cm³/mol. The van der Waals surface area contributed by atoms with Crippen LogP contribution in [-0.4, -0.2) is 32.5 Å². The van der Waals surface area contributed by atoms with Gasteiger partial charge in [-0.1, -0.05) is 32.0 Å². The molecule has 0 atom stereocenters. The summed E-state index contributed by atoms with van der Waals surface area (Å²) in [6.45, 7) is 4.28. The lowest BCUT2D eigenvalue weighted by Gasteiger charge is -2.08. The smallest absolute Gasteiger partial charge is 0.222 e. The molecule has 144 valence electrons. The fraction of sp³-hybridized carbons (Fsp3) is 0.300. The Morgan fingerprint density at radius 3 is 2.86 bits per heavy atom. The molecule has 3 heterocycles. The first-order valence-corrected chi connectivity index (χ1v) is 9.96. The average molecular weight is 395 g/mol. The number of carbonyl (C=O) groups is 1. The number of aryl methyl sites for hydroxylation is 1. The standard InChI is InChI=1S/C20H22N6OS/c1-11(2)19(27)22-9-12-6-5-7-13(8-12)20-25-18-16(28-20)15-14(17(21-3)24-18)23-10-26(15)4/h5-8,10-11H,9H2,1-4H3,(H,21,24)(H,22,27). The molecule has 8 heteroatoms. The highest BCUT2D eigenvalue weighted by Crippen LogP contribution is 2.36. The van der Waals surface area contributed by atoms with Crippen molar-refractivity contribution in [3.63, 3.8) is 0 Å². The predicted octanol–water partition coefficient (Wildman–Crippen LogP) is 3.56. The van der Waals surface area contributed by atoms with Crippen molar-refractivity contribution < 1.29 is 4.79 Å². The Balaban J connectivity index is 1.74. The third-order valence-corrected chi connectivity index (χ3v) is 5.71. The molecule has 2 N–H and O–H groups in total. The molecular formula is C20H22N6OS. The number of nitrogens with one attached hydrogen (secondary N) is 2. The molecule has 0 radical (unpaired) electrons. The summed E-state index contributed by atoms with van der Waals surface area (Å²) in [5.74, 6) is 0.749. The topological polar surface area (TPSA) is 84.7 Å². The third-order valence-electron chi connectivity index (χ3n) is 4.61. The van der Waals surface area contributed by atoms with E-state index in [4.69, 9.17) is 4.98 Å². The number of aromatic nitrogens is 4. The summed E-state index contributed by atoms with van der Waals surface area (Å²) in [5, 5.41) is 6.96. The minimum Gasteiger partial charge on any atom is -0.371 e. The zero-order chi connectivity index (χ0) is 19.8. The number of rotatable bonds is 5. The number of fused-ring (bicyclic) bond motifs is 3. The van der Waals surface area contributed by atoms with Crippen molar-refractivity contribution in [1.82, 2.24) is 24.8 Å². The van der Waals surface area contributed by atoms with Crippen molar-refractivity contribution >= 4 is 44.4 Å². The van der Waals surface area contributed by atoms with Crippen molar-refractivity contribution in [2.24, 2.45) is 13.0 Å². The SMILES string of the molecule is CNc1nc2nc(-c3cccc(CNC(=O)C(C)C)c3)sc2c2c1ncn2C. The van der Waals surface area contributed by atoms with Crippen LogP contribution in [0, 0.1) is 5.92 Å². The zero-order valence-corrected chi connectivity index (χ0v) is 17.1. The second-order valence-corrected chi connectivity index (χ2v) is 8.01. The lowest BCUT2D eigenvalue weighted by Crippen LogP contribution is -2.27. The van der Waals surface area contributed by atoms with Crippen LogP contribution in [0.2, 0.25) is 0 Å². The molecule has 0 fully saturated rings. The molecule has 0 saturated heterocycles. The molecule has 0 aliphatic carbocycles. The number of benzene rings is 1. The van der Waals surface area contributed by atoms with Crippen LogP contribution in [0.1, 0.15) is 19.4 Å². The first-order valence-electron chi connectivity index (χ1n) is 9.14. The van der Waals surface area contributed by atoms with Crippen LogP contribution in [0.5, 0.6) is 0 Å². The molecule has 1 amide bonds. The summed E-state index contributed by atoms with van der Waals surface area (Å²) in [7, 11) is 3.82. The van der Waals surface area contributed by atoms with Crippen LogP contribution < -0.4 is 10.6 Å². The summed E-state index contributed by atoms with van der Waals surface area (Å²) in [6, 6.07) is 8.10. The molecule has 1 aromatic carbocycles. The van der Waals surface area contributed by atoms with Gasteiger partial charge in [0, 0.05) is 32.1 Å². The molecular weight excluding hydrogens is 372 g/mol. The molecule has 4 aromatic rings. The fourth-order valence-electron chi connectivity index (χ4n) is 3.08. The maximum absolute atomic E-state index is 11.8. The number of carbonyl (C=O) groups excluding carboxylic acids is 1. The normalized spacial score (nSPS) is 11.5. The molecule has 0 aliphatic heterocycles. The molecule has 3 aromatic heterocycles. The monoisotopic (exact) mass is 394 g/mol. The quantitative estimate of drug-likeness (QED) is 0.541. The van der Waals surface area contributed by atoms with E-state index in [1.54, 1.807) is 17.7 Å². The van der Waals surface area contributed by atoms with Gasteiger partial charge in [-0.2, -0.15) is 0 Å². The number of amides is 1. The van der Waals surface area contributed by atoms with Crippen LogP contribution >= 0.6 is 11.3 Å². The van der Waals surface area contributed by atoms with Gasteiger partial charge in [-0.15, -0.1) is 11.3 Å². The molecule has 0 aliphatic rings. The highest BCUT2D eigenvalue weighted by Gasteiger charge is 2.17. The van der Waals surface area contributed by atoms with Gasteiger partial charge in [-0.25, -0.2) is 15.0 Å². The molecule has 7 nitrogen and oxygen atoms in total. The third kappa shape index (κ3) is 3.20. The molecule has 0 unspecified atom stereocenters. The van der Waals surface area contributed by atoms with Gasteiger partial charge in [-0.05, 0) is 11.6 Å². The number of pyridine rings is 1. The molecule has 0 spiro atoms. The van der Waals surface area contributed by atoms with Crippen LogP contribution in [0.25, 0.3) is 32.0 Å². The van der Waals surface area contributed by atoms with Gasteiger partial charge in [0.15, 0.2) is 11.5 Å². The summed E-state index contributed by atoms with van der Waals surface area (Å²) in [4.78, 5) is 25.7.